The Labute approximate surface area is 286 Å². The summed E-state index contributed by atoms with van der Waals surface area (Å²) < 4.78 is 5.61. The molecule has 0 saturated carbocycles. The zero-order valence-corrected chi connectivity index (χ0v) is 27.2. The molecule has 8 nitrogen and oxygen atoms in total. The summed E-state index contributed by atoms with van der Waals surface area (Å²) in [6.07, 6.45) is -0.681. The van der Waals surface area contributed by atoms with Crippen molar-refractivity contribution in [3.8, 4) is 11.1 Å². The quantitative estimate of drug-likeness (QED) is 0.163. The van der Waals surface area contributed by atoms with Gasteiger partial charge in [-0.3, -0.25) is 14.5 Å². The van der Waals surface area contributed by atoms with Crippen LogP contribution in [0.1, 0.15) is 38.5 Å². The van der Waals surface area contributed by atoms with Gasteiger partial charge in [-0.15, -0.1) is 0 Å². The number of carbonyl (C=O) groups is 3. The van der Waals surface area contributed by atoms with Gasteiger partial charge in [0.15, 0.2) is 5.78 Å². The van der Waals surface area contributed by atoms with Gasteiger partial charge >= 0.3 is 6.09 Å². The number of anilines is 2. The van der Waals surface area contributed by atoms with Gasteiger partial charge in [0, 0.05) is 55.5 Å². The number of hydrogen-bond acceptors (Lipinski definition) is 6. The second kappa shape index (κ2) is 14.6. The highest BCUT2D eigenvalue weighted by Crippen LogP contribution is 2.44. The number of nitrogens with zero attached hydrogens (tertiary/aromatic N) is 2. The molecule has 246 valence electrons. The van der Waals surface area contributed by atoms with Crippen molar-refractivity contribution in [3.63, 3.8) is 0 Å². The summed E-state index contributed by atoms with van der Waals surface area (Å²) in [6, 6.07) is 41.3. The van der Waals surface area contributed by atoms with Crippen LogP contribution in [0.3, 0.4) is 0 Å². The lowest BCUT2D eigenvalue weighted by Gasteiger charge is -2.36. The zero-order chi connectivity index (χ0) is 33.6. The first kappa shape index (κ1) is 31.8. The van der Waals surface area contributed by atoms with E-state index in [2.05, 4.69) is 69.0 Å². The third-order valence-electron chi connectivity index (χ3n) is 9.28. The molecule has 0 bridgehead atoms. The minimum absolute atomic E-state index is 0.0820. The van der Waals surface area contributed by atoms with Gasteiger partial charge in [0.25, 0.3) is 0 Å². The van der Waals surface area contributed by atoms with Crippen LogP contribution in [-0.4, -0.2) is 62.0 Å². The predicted molar refractivity (Wildman–Crippen MR) is 192 cm³/mol. The SMILES string of the molecule is O=C(CNC(=O)OCC1c2ccccc2-c2ccccc21)Nc1cc(N2CCN(Cc3ccccc3)CC2)ccc1C(=O)c1ccccc1. The van der Waals surface area contributed by atoms with Gasteiger partial charge in [0.1, 0.15) is 13.2 Å². The fourth-order valence-electron chi connectivity index (χ4n) is 6.78. The molecule has 49 heavy (non-hydrogen) atoms. The molecular formula is C41H38N4O4. The van der Waals surface area contributed by atoms with Crippen LogP contribution in [0.25, 0.3) is 11.1 Å². The largest absolute Gasteiger partial charge is 0.449 e. The third kappa shape index (κ3) is 7.24. The second-order valence-electron chi connectivity index (χ2n) is 12.4. The lowest BCUT2D eigenvalue weighted by Crippen LogP contribution is -2.46. The summed E-state index contributed by atoms with van der Waals surface area (Å²) in [6.45, 7) is 4.16. The molecule has 5 aromatic carbocycles. The van der Waals surface area contributed by atoms with Crippen molar-refractivity contribution < 1.29 is 19.1 Å². The molecule has 8 heteroatoms. The maximum absolute atomic E-state index is 13.5. The molecule has 2 aliphatic rings. The number of ether oxygens (including phenoxy) is 1. The van der Waals surface area contributed by atoms with E-state index >= 15 is 0 Å². The molecule has 2 amide bonds. The third-order valence-corrected chi connectivity index (χ3v) is 9.28. The van der Waals surface area contributed by atoms with Gasteiger partial charge in [0.2, 0.25) is 5.91 Å². The molecule has 1 aliphatic carbocycles. The Kier molecular flexibility index (Phi) is 9.48. The van der Waals surface area contributed by atoms with Crippen LogP contribution in [0.15, 0.2) is 127 Å². The predicted octanol–water partition coefficient (Wildman–Crippen LogP) is 6.72. The lowest BCUT2D eigenvalue weighted by atomic mass is 9.98. The summed E-state index contributed by atoms with van der Waals surface area (Å²) in [5.74, 6) is -0.735. The number of fused-ring (bicyclic) bond motifs is 3. The zero-order valence-electron chi connectivity index (χ0n) is 27.2. The van der Waals surface area contributed by atoms with Crippen LogP contribution < -0.4 is 15.5 Å². The molecule has 7 rings (SSSR count). The van der Waals surface area contributed by atoms with E-state index in [-0.39, 0.29) is 24.9 Å². The van der Waals surface area contributed by atoms with E-state index in [4.69, 9.17) is 4.74 Å². The van der Waals surface area contributed by atoms with Crippen LogP contribution in [-0.2, 0) is 16.1 Å². The fourth-order valence-corrected chi connectivity index (χ4v) is 6.78. The standard InChI is InChI=1S/C41H38N4O4/c46-39(26-42-41(48)49-28-37-34-17-9-7-15-32(34)33-16-8-10-18-35(33)37)43-38-25-31(19-20-36(38)40(47)30-13-5-2-6-14-30)45-23-21-44(22-24-45)27-29-11-3-1-4-12-29/h1-20,25,37H,21-24,26-28H2,(H,42,48)(H,43,46). The van der Waals surface area contributed by atoms with Crippen LogP contribution in [0.2, 0.25) is 0 Å². The summed E-state index contributed by atoms with van der Waals surface area (Å²) in [5, 5.41) is 5.48. The lowest BCUT2D eigenvalue weighted by molar-refractivity contribution is -0.115. The number of ketones is 1. The van der Waals surface area contributed by atoms with Gasteiger partial charge in [-0.2, -0.15) is 0 Å². The van der Waals surface area contributed by atoms with Gasteiger partial charge in [-0.1, -0.05) is 109 Å². The van der Waals surface area contributed by atoms with E-state index in [0.717, 1.165) is 60.7 Å². The molecule has 1 aliphatic heterocycles. The molecule has 0 radical (unpaired) electrons. The van der Waals surface area contributed by atoms with Crippen LogP contribution in [0.4, 0.5) is 16.2 Å². The smallest absolute Gasteiger partial charge is 0.407 e. The number of carbonyl (C=O) groups excluding carboxylic acids is 3. The Morgan fingerprint density at radius 2 is 1.31 bits per heavy atom. The number of benzene rings is 5. The minimum Gasteiger partial charge on any atom is -0.449 e. The molecule has 0 atom stereocenters. The molecular weight excluding hydrogens is 612 g/mol. The Hall–Kier alpha value is -5.73. The van der Waals surface area contributed by atoms with Crippen LogP contribution >= 0.6 is 0 Å². The number of amides is 2. The molecule has 1 fully saturated rings. The van der Waals surface area contributed by atoms with E-state index in [9.17, 15) is 14.4 Å². The van der Waals surface area contributed by atoms with Crippen molar-refractivity contribution in [2.45, 2.75) is 12.5 Å². The van der Waals surface area contributed by atoms with Crippen LogP contribution in [0, 0.1) is 0 Å². The monoisotopic (exact) mass is 650 g/mol. The van der Waals surface area contributed by atoms with E-state index < -0.39 is 12.0 Å². The van der Waals surface area contributed by atoms with Gasteiger partial charge in [-0.25, -0.2) is 4.79 Å². The first-order chi connectivity index (χ1) is 24.0. The van der Waals surface area contributed by atoms with Gasteiger partial charge in [-0.05, 0) is 46.0 Å². The molecule has 5 aromatic rings. The maximum atomic E-state index is 13.5. The topological polar surface area (TPSA) is 91.0 Å². The van der Waals surface area contributed by atoms with Crippen molar-refractivity contribution >= 4 is 29.2 Å². The fraction of sp³-hybridized carbons (Fsp3) is 0.195. The van der Waals surface area contributed by atoms with Crippen molar-refractivity contribution in [2.75, 3.05) is 49.5 Å². The van der Waals surface area contributed by atoms with Gasteiger partial charge in [0.05, 0.1) is 5.69 Å². The highest BCUT2D eigenvalue weighted by molar-refractivity contribution is 6.14. The Morgan fingerprint density at radius 1 is 0.694 bits per heavy atom. The van der Waals surface area contributed by atoms with E-state index in [1.165, 1.54) is 5.56 Å². The van der Waals surface area contributed by atoms with Crippen molar-refractivity contribution in [1.82, 2.24) is 10.2 Å². The van der Waals surface area contributed by atoms with Crippen molar-refractivity contribution in [3.05, 3.63) is 155 Å². The molecule has 0 spiro atoms. The summed E-state index contributed by atoms with van der Waals surface area (Å²) in [5.41, 5.74) is 8.03. The summed E-state index contributed by atoms with van der Waals surface area (Å²) in [7, 11) is 0. The van der Waals surface area contributed by atoms with E-state index in [0.29, 0.717) is 16.8 Å². The molecule has 1 heterocycles. The van der Waals surface area contributed by atoms with E-state index in [1.54, 1.807) is 18.2 Å². The van der Waals surface area contributed by atoms with Gasteiger partial charge < -0.3 is 20.3 Å². The maximum Gasteiger partial charge on any atom is 0.407 e. The minimum atomic E-state index is -0.681. The average molecular weight is 651 g/mol. The Morgan fingerprint density at radius 3 is 1.98 bits per heavy atom. The number of hydrogen-bond donors (Lipinski definition) is 2. The molecule has 1 saturated heterocycles. The number of nitrogens with one attached hydrogen (secondary N) is 2. The van der Waals surface area contributed by atoms with Crippen molar-refractivity contribution in [2.24, 2.45) is 0 Å². The average Bonchev–Trinajstić information content (AvgIpc) is 3.47. The molecule has 0 unspecified atom stereocenters. The number of rotatable bonds is 10. The normalized spacial score (nSPS) is 14.1. The summed E-state index contributed by atoms with van der Waals surface area (Å²) in [4.78, 5) is 44.2. The number of alkyl carbamates (subject to hydrolysis) is 1. The molecule has 0 aromatic heterocycles. The van der Waals surface area contributed by atoms with Crippen LogP contribution in [0.5, 0.6) is 0 Å². The number of piperazine rings is 1. The highest BCUT2D eigenvalue weighted by atomic mass is 16.5. The Balaban J connectivity index is 0.997. The first-order valence-electron chi connectivity index (χ1n) is 16.7. The molecule has 2 N–H and O–H groups in total. The second-order valence-corrected chi connectivity index (χ2v) is 12.4. The van der Waals surface area contributed by atoms with E-state index in [1.807, 2.05) is 60.7 Å². The highest BCUT2D eigenvalue weighted by Gasteiger charge is 2.29. The Bertz CT molecular complexity index is 1910. The van der Waals surface area contributed by atoms with Crippen molar-refractivity contribution in [1.29, 1.82) is 0 Å². The summed E-state index contributed by atoms with van der Waals surface area (Å²) >= 11 is 0. The first-order valence-corrected chi connectivity index (χ1v) is 16.7.